The van der Waals surface area contributed by atoms with Crippen LogP contribution in [0.2, 0.25) is 0 Å². The summed E-state index contributed by atoms with van der Waals surface area (Å²) in [6, 6.07) is 0. The second-order valence-corrected chi connectivity index (χ2v) is 5.42. The Morgan fingerprint density at radius 3 is 3.00 bits per heavy atom. The second kappa shape index (κ2) is 6.63. The number of aromatic nitrogens is 1. The first-order chi connectivity index (χ1) is 9.15. The van der Waals surface area contributed by atoms with E-state index in [-0.39, 0.29) is 18.4 Å². The van der Waals surface area contributed by atoms with Crippen LogP contribution < -0.4 is 10.6 Å². The van der Waals surface area contributed by atoms with Crippen LogP contribution in [0.3, 0.4) is 0 Å². The molecule has 1 aromatic rings. The predicted molar refractivity (Wildman–Crippen MR) is 71.9 cm³/mol. The Hall–Kier alpha value is -1.47. The predicted octanol–water partition coefficient (Wildman–Crippen LogP) is 1.01. The third kappa shape index (κ3) is 4.96. The highest BCUT2D eigenvalue weighted by Crippen LogP contribution is 2.29. The molecule has 0 saturated heterocycles. The van der Waals surface area contributed by atoms with Crippen LogP contribution >= 0.6 is 11.3 Å². The van der Waals surface area contributed by atoms with Gasteiger partial charge in [0.1, 0.15) is 6.10 Å². The summed E-state index contributed by atoms with van der Waals surface area (Å²) >= 11 is 1.33. The number of carbonyl (C=O) groups excluding carboxylic acids is 2. The molecule has 0 aliphatic heterocycles. The maximum Gasteiger partial charge on any atom is 0.249 e. The Kier molecular flexibility index (Phi) is 4.86. The van der Waals surface area contributed by atoms with E-state index in [0.717, 1.165) is 0 Å². The Balaban J connectivity index is 1.62. The third-order valence-corrected chi connectivity index (χ3v) is 3.44. The minimum absolute atomic E-state index is 0.0739. The zero-order valence-corrected chi connectivity index (χ0v) is 11.5. The lowest BCUT2D eigenvalue weighted by atomic mass is 10.3. The van der Waals surface area contributed by atoms with Crippen LogP contribution in [0.1, 0.15) is 19.8 Å². The van der Waals surface area contributed by atoms with E-state index in [0.29, 0.717) is 17.7 Å². The largest absolute Gasteiger partial charge is 0.368 e. The van der Waals surface area contributed by atoms with Crippen LogP contribution in [0, 0.1) is 5.92 Å². The molecule has 1 atom stereocenters. The smallest absolute Gasteiger partial charge is 0.249 e. The standard InChI is InChI=1S/C12H17N3O3S/c1-8(18-7-9-2-3-9)11(17)14-6-10(16)15-12-13-4-5-19-12/h4-5,8-9H,2-3,6-7H2,1H3,(H,14,17)(H,13,15,16)/t8-/m0/s1. The first kappa shape index (κ1) is 14.0. The second-order valence-electron chi connectivity index (χ2n) is 4.52. The van der Waals surface area contributed by atoms with E-state index in [1.54, 1.807) is 18.5 Å². The Bertz CT molecular complexity index is 431. The number of amides is 2. The zero-order valence-electron chi connectivity index (χ0n) is 10.7. The van der Waals surface area contributed by atoms with Gasteiger partial charge in [0, 0.05) is 11.6 Å². The van der Waals surface area contributed by atoms with Gasteiger partial charge < -0.3 is 15.4 Å². The van der Waals surface area contributed by atoms with Gasteiger partial charge in [-0.3, -0.25) is 9.59 Å². The molecule has 0 unspecified atom stereocenters. The summed E-state index contributed by atoms with van der Waals surface area (Å²) in [5, 5.41) is 7.42. The van der Waals surface area contributed by atoms with Gasteiger partial charge in [0.25, 0.3) is 0 Å². The fourth-order valence-electron chi connectivity index (χ4n) is 1.40. The lowest BCUT2D eigenvalue weighted by molar-refractivity contribution is -0.133. The van der Waals surface area contributed by atoms with Crippen molar-refractivity contribution in [2.75, 3.05) is 18.5 Å². The molecule has 1 fully saturated rings. The molecule has 104 valence electrons. The molecule has 0 radical (unpaired) electrons. The summed E-state index contributed by atoms with van der Waals surface area (Å²) in [5.74, 6) is 0.0519. The van der Waals surface area contributed by atoms with Crippen molar-refractivity contribution in [3.05, 3.63) is 11.6 Å². The Morgan fingerprint density at radius 2 is 2.37 bits per heavy atom. The highest BCUT2D eigenvalue weighted by Gasteiger charge is 2.24. The SMILES string of the molecule is C[C@H](OCC1CC1)C(=O)NCC(=O)Nc1nccs1. The van der Waals surface area contributed by atoms with Crippen molar-refractivity contribution in [2.24, 2.45) is 5.92 Å². The highest BCUT2D eigenvalue weighted by atomic mass is 32.1. The summed E-state index contributed by atoms with van der Waals surface area (Å²) in [4.78, 5) is 27.1. The van der Waals surface area contributed by atoms with Crippen LogP contribution in [0.4, 0.5) is 5.13 Å². The van der Waals surface area contributed by atoms with Crippen molar-refractivity contribution in [3.63, 3.8) is 0 Å². The molecule has 2 amide bonds. The van der Waals surface area contributed by atoms with Crippen molar-refractivity contribution in [2.45, 2.75) is 25.9 Å². The molecule has 1 saturated carbocycles. The van der Waals surface area contributed by atoms with E-state index in [1.165, 1.54) is 24.2 Å². The topological polar surface area (TPSA) is 80.3 Å². The maximum absolute atomic E-state index is 11.7. The Morgan fingerprint density at radius 1 is 1.58 bits per heavy atom. The first-order valence-electron chi connectivity index (χ1n) is 6.24. The average molecular weight is 283 g/mol. The Labute approximate surface area is 115 Å². The number of hydrogen-bond acceptors (Lipinski definition) is 5. The van der Waals surface area contributed by atoms with E-state index in [4.69, 9.17) is 4.74 Å². The molecule has 2 N–H and O–H groups in total. The van der Waals surface area contributed by atoms with E-state index < -0.39 is 6.10 Å². The maximum atomic E-state index is 11.7. The molecule has 1 aromatic heterocycles. The van der Waals surface area contributed by atoms with E-state index in [9.17, 15) is 9.59 Å². The van der Waals surface area contributed by atoms with Crippen molar-refractivity contribution in [1.82, 2.24) is 10.3 Å². The molecule has 6 nitrogen and oxygen atoms in total. The number of carbonyl (C=O) groups is 2. The van der Waals surface area contributed by atoms with Gasteiger partial charge in [0.2, 0.25) is 11.8 Å². The van der Waals surface area contributed by atoms with Crippen LogP contribution in [0.25, 0.3) is 0 Å². The highest BCUT2D eigenvalue weighted by molar-refractivity contribution is 7.13. The van der Waals surface area contributed by atoms with E-state index in [2.05, 4.69) is 15.6 Å². The molecule has 19 heavy (non-hydrogen) atoms. The van der Waals surface area contributed by atoms with Gasteiger partial charge in [-0.05, 0) is 25.7 Å². The molecular weight excluding hydrogens is 266 g/mol. The number of hydrogen-bond donors (Lipinski definition) is 2. The summed E-state index contributed by atoms with van der Waals surface area (Å²) in [6.07, 6.45) is 3.45. The fourth-order valence-corrected chi connectivity index (χ4v) is 1.95. The lowest BCUT2D eigenvalue weighted by Gasteiger charge is -2.12. The summed E-state index contributed by atoms with van der Waals surface area (Å²) < 4.78 is 5.41. The van der Waals surface area contributed by atoms with Gasteiger partial charge in [-0.2, -0.15) is 0 Å². The van der Waals surface area contributed by atoms with Gasteiger partial charge in [0.05, 0.1) is 13.2 Å². The van der Waals surface area contributed by atoms with Crippen molar-refractivity contribution >= 4 is 28.3 Å². The van der Waals surface area contributed by atoms with E-state index >= 15 is 0 Å². The third-order valence-electron chi connectivity index (χ3n) is 2.75. The number of nitrogens with one attached hydrogen (secondary N) is 2. The van der Waals surface area contributed by atoms with Crippen LogP contribution in [0.5, 0.6) is 0 Å². The minimum atomic E-state index is -0.520. The number of nitrogens with zero attached hydrogens (tertiary/aromatic N) is 1. The molecule has 1 aliphatic carbocycles. The van der Waals surface area contributed by atoms with Crippen molar-refractivity contribution in [3.8, 4) is 0 Å². The van der Waals surface area contributed by atoms with Crippen LogP contribution in [0.15, 0.2) is 11.6 Å². The zero-order chi connectivity index (χ0) is 13.7. The molecule has 0 aromatic carbocycles. The quantitative estimate of drug-likeness (QED) is 0.782. The number of ether oxygens (including phenoxy) is 1. The molecule has 7 heteroatoms. The van der Waals surface area contributed by atoms with Crippen LogP contribution in [-0.4, -0.2) is 36.1 Å². The number of thiazole rings is 1. The van der Waals surface area contributed by atoms with Gasteiger partial charge in [-0.15, -0.1) is 11.3 Å². The molecular formula is C12H17N3O3S. The molecule has 1 heterocycles. The summed E-state index contributed by atoms with van der Waals surface area (Å²) in [7, 11) is 0. The fraction of sp³-hybridized carbons (Fsp3) is 0.583. The summed E-state index contributed by atoms with van der Waals surface area (Å²) in [5.41, 5.74) is 0. The van der Waals surface area contributed by atoms with Crippen LogP contribution in [-0.2, 0) is 14.3 Å². The summed E-state index contributed by atoms with van der Waals surface area (Å²) in [6.45, 7) is 2.24. The van der Waals surface area contributed by atoms with Gasteiger partial charge in [0.15, 0.2) is 5.13 Å². The average Bonchev–Trinajstić information content (AvgIpc) is 3.10. The molecule has 1 aliphatic rings. The van der Waals surface area contributed by atoms with Gasteiger partial charge in [-0.25, -0.2) is 4.98 Å². The normalized spacial score (nSPS) is 15.8. The number of anilines is 1. The minimum Gasteiger partial charge on any atom is -0.368 e. The molecule has 0 spiro atoms. The molecule has 2 rings (SSSR count). The number of rotatable bonds is 7. The van der Waals surface area contributed by atoms with Crippen molar-refractivity contribution in [1.29, 1.82) is 0 Å². The van der Waals surface area contributed by atoms with Gasteiger partial charge >= 0.3 is 0 Å². The van der Waals surface area contributed by atoms with Gasteiger partial charge in [-0.1, -0.05) is 0 Å². The van der Waals surface area contributed by atoms with E-state index in [1.807, 2.05) is 0 Å². The lowest BCUT2D eigenvalue weighted by Crippen LogP contribution is -2.39. The monoisotopic (exact) mass is 283 g/mol. The van der Waals surface area contributed by atoms with Crippen molar-refractivity contribution < 1.29 is 14.3 Å². The molecule has 0 bridgehead atoms. The first-order valence-corrected chi connectivity index (χ1v) is 7.12.